The fourth-order valence-electron chi connectivity index (χ4n) is 6.91. The molecule has 0 N–H and O–H groups in total. The van der Waals surface area contributed by atoms with Crippen molar-refractivity contribution in [2.24, 2.45) is 4.99 Å². The van der Waals surface area contributed by atoms with Gasteiger partial charge < -0.3 is 59.5 Å². The van der Waals surface area contributed by atoms with Crippen molar-refractivity contribution < 1.29 is 115 Å². The van der Waals surface area contributed by atoms with E-state index < -0.39 is 11.8 Å². The normalized spacial score (nSPS) is 12.0. The van der Waals surface area contributed by atoms with Crippen LogP contribution in [0.5, 0.6) is 0 Å². The standard InChI is InChI=1S/C13H10N2O2.C12H8N3.C12H16N3.C10H6N3O.C10H6N3S.5Ir/c16-12(10-6-2-1-3-7-10)15-13(17)11-8-4-5-9-14-11;1-2-6-10-9(5-1)14-12(15-10)11-7-3-4-8-13-11;1-11(2)12(3,4)15-10(14-11)9-7-5-6-8-13-9;2*1-2-4-8-7(3-1)12-9(13-8)10-11-5-6-14-10;;;;;/h1-9H,(H,15,16,17);1-8H;5-8H,1-4H3;2*1-6H;;;;;/q;4*-1;;;;;/p-1. The van der Waals surface area contributed by atoms with Gasteiger partial charge in [0.1, 0.15) is 17.2 Å². The molecule has 4 aromatic carbocycles. The van der Waals surface area contributed by atoms with Crippen LogP contribution in [-0.2, 0) is 101 Å². The molecule has 17 nitrogen and oxygen atoms in total. The predicted octanol–water partition coefficient (Wildman–Crippen LogP) is 11.6. The molecule has 5 radical (unpaired) electrons. The zero-order chi connectivity index (χ0) is 52.0. The predicted molar refractivity (Wildman–Crippen MR) is 290 cm³/mol. The van der Waals surface area contributed by atoms with Crippen LogP contribution >= 0.6 is 11.3 Å². The van der Waals surface area contributed by atoms with Gasteiger partial charge in [-0.3, -0.25) is 15.0 Å². The number of para-hydroxylation sites is 6. The number of thiazole rings is 1. The van der Waals surface area contributed by atoms with E-state index in [1.165, 1.54) is 18.5 Å². The second-order valence-electron chi connectivity index (χ2n) is 17.2. The molecule has 0 aliphatic carbocycles. The van der Waals surface area contributed by atoms with Crippen LogP contribution in [0.15, 0.2) is 210 Å². The Labute approximate surface area is 532 Å². The van der Waals surface area contributed by atoms with E-state index in [1.54, 1.807) is 78.6 Å². The molecule has 417 valence electrons. The summed E-state index contributed by atoms with van der Waals surface area (Å²) >= 11 is 1.56. The molecule has 1 aliphatic rings. The van der Waals surface area contributed by atoms with E-state index in [0.29, 0.717) is 23.1 Å². The first-order chi connectivity index (χ1) is 36.5. The number of nitrogens with zero attached hydrogens (tertiary/aromatic N) is 14. The van der Waals surface area contributed by atoms with Crippen molar-refractivity contribution in [1.29, 1.82) is 0 Å². The number of rotatable bonds is 6. The number of imide groups is 1. The number of oxazole rings is 1. The summed E-state index contributed by atoms with van der Waals surface area (Å²) in [4.78, 5) is 74.5. The van der Waals surface area contributed by atoms with Crippen molar-refractivity contribution in [3.8, 4) is 34.1 Å². The maximum atomic E-state index is 11.6. The van der Waals surface area contributed by atoms with Gasteiger partial charge >= 0.3 is 0 Å². The minimum absolute atomic E-state index is 0. The molecular weight excluding hydrogens is 1920 g/mol. The summed E-state index contributed by atoms with van der Waals surface area (Å²) in [6.45, 7) is 8.41. The molecule has 23 heteroatoms. The number of pyridine rings is 3. The zero-order valence-corrected chi connectivity index (χ0v) is 55.4. The maximum absolute atomic E-state index is 11.6. The molecular formula is C57H45Ir5N14O3S-5. The van der Waals surface area contributed by atoms with E-state index in [-0.39, 0.29) is 117 Å². The fourth-order valence-corrected chi connectivity index (χ4v) is 7.48. The number of aliphatic imine (C=N–C) groups is 1. The van der Waals surface area contributed by atoms with Crippen molar-refractivity contribution in [2.45, 2.75) is 38.8 Å². The quantitative estimate of drug-likeness (QED) is 0.141. The van der Waals surface area contributed by atoms with E-state index >= 15 is 0 Å². The van der Waals surface area contributed by atoms with Gasteiger partial charge in [-0.1, -0.05) is 149 Å². The van der Waals surface area contributed by atoms with E-state index in [2.05, 4.69) is 98.1 Å². The van der Waals surface area contributed by atoms with Crippen molar-refractivity contribution >= 4 is 62.1 Å². The number of amidine groups is 1. The number of imidazole rings is 3. The Kier molecular flexibility index (Phi) is 25.9. The third-order valence-electron chi connectivity index (χ3n) is 11.4. The average Bonchev–Trinajstić information content (AvgIpc) is 4.34. The minimum atomic E-state index is -0.626. The number of fused-ring (bicyclic) bond motifs is 3. The molecule has 2 amide bonds. The van der Waals surface area contributed by atoms with Crippen LogP contribution in [0.25, 0.3) is 77.8 Å². The van der Waals surface area contributed by atoms with E-state index in [4.69, 9.17) is 4.42 Å². The zero-order valence-electron chi connectivity index (χ0n) is 42.6. The maximum Gasteiger partial charge on any atom is 0.217 e. The summed E-state index contributed by atoms with van der Waals surface area (Å²) in [5.41, 5.74) is 7.33. The molecule has 0 bridgehead atoms. The molecule has 0 saturated carbocycles. The molecule has 12 aromatic rings. The minimum Gasteiger partial charge on any atom is -0.586 e. The molecule has 80 heavy (non-hydrogen) atoms. The van der Waals surface area contributed by atoms with Crippen LogP contribution in [0.1, 0.15) is 54.2 Å². The number of amides is 2. The van der Waals surface area contributed by atoms with Gasteiger partial charge in [0.2, 0.25) is 5.89 Å². The van der Waals surface area contributed by atoms with Crippen molar-refractivity contribution in [2.75, 3.05) is 0 Å². The molecule has 0 atom stereocenters. The molecule has 1 aliphatic heterocycles. The summed E-state index contributed by atoms with van der Waals surface area (Å²) in [5, 5.41) is 10.9. The number of hydrogen-bond acceptors (Lipinski definition) is 13. The topological polar surface area (TPSA) is 233 Å². The molecule has 8 aromatic heterocycles. The fraction of sp³-hybridized carbons (Fsp3) is 0.105. The number of carbonyl (C=O) groups is 2. The third-order valence-corrected chi connectivity index (χ3v) is 12.2. The monoisotopic (exact) mass is 1970 g/mol. The Morgan fingerprint density at radius 2 is 0.988 bits per heavy atom. The summed E-state index contributed by atoms with van der Waals surface area (Å²) in [6.07, 6.45) is 9.85. The van der Waals surface area contributed by atoms with Gasteiger partial charge in [-0.15, -0.1) is 11.3 Å². The van der Waals surface area contributed by atoms with Crippen LogP contribution in [0.3, 0.4) is 0 Å². The van der Waals surface area contributed by atoms with Crippen molar-refractivity contribution in [3.63, 3.8) is 0 Å². The molecule has 9 heterocycles. The van der Waals surface area contributed by atoms with Crippen LogP contribution in [-0.4, -0.2) is 68.6 Å². The molecule has 0 fully saturated rings. The van der Waals surface area contributed by atoms with Gasteiger partial charge in [0.25, 0.3) is 0 Å². The first-order valence-corrected chi connectivity index (χ1v) is 24.3. The number of carbonyl (C=O) groups excluding carboxylic acids is 2. The smallest absolute Gasteiger partial charge is 0.217 e. The average molecular weight is 1970 g/mol. The van der Waals surface area contributed by atoms with Gasteiger partial charge in [-0.05, 0) is 104 Å². The number of hydrogen-bond donors (Lipinski definition) is 0. The largest absolute Gasteiger partial charge is 0.586 e. The SMILES string of the molecule is CC1(C)N=C(c2ccccn2)[N-]C1(C)C.O=C([N-]C(=O)c1ccccn1)c1ccccc1.[Ir].[Ir].[Ir].[Ir].[Ir].c1ccc(-c2nc3ccccc3[n-]2)nc1.c1ccc2[n-]c(-c3ncco3)nc2c1.c1ccc2[n-]c(-c3nccs3)nc2c1. The van der Waals surface area contributed by atoms with Gasteiger partial charge in [0, 0.05) is 137 Å². The van der Waals surface area contributed by atoms with E-state index in [0.717, 1.165) is 61.2 Å². The summed E-state index contributed by atoms with van der Waals surface area (Å²) in [7, 11) is 0. The van der Waals surface area contributed by atoms with Crippen LogP contribution < -0.4 is 15.0 Å². The Bertz CT molecular complexity index is 3540. The number of aromatic nitrogens is 11. The van der Waals surface area contributed by atoms with Gasteiger partial charge in [0.05, 0.1) is 29.2 Å². The molecule has 13 rings (SSSR count). The van der Waals surface area contributed by atoms with E-state index in [9.17, 15) is 9.59 Å². The molecule has 0 spiro atoms. The van der Waals surface area contributed by atoms with Gasteiger partial charge in [-0.25, -0.2) is 9.97 Å². The molecule has 0 saturated heterocycles. The summed E-state index contributed by atoms with van der Waals surface area (Å²) < 4.78 is 5.11. The Morgan fingerprint density at radius 3 is 1.48 bits per heavy atom. The summed E-state index contributed by atoms with van der Waals surface area (Å²) in [6, 6.07) is 48.2. The second kappa shape index (κ2) is 31.4. The van der Waals surface area contributed by atoms with Crippen molar-refractivity contribution in [1.82, 2.24) is 54.8 Å². The Hall–Kier alpha value is -6.56. The van der Waals surface area contributed by atoms with Crippen LogP contribution in [0, 0.1) is 0 Å². The Balaban J connectivity index is 0.000000212. The first-order valence-electron chi connectivity index (χ1n) is 23.4. The first kappa shape index (κ1) is 66.0. The third kappa shape index (κ3) is 17.2. The Morgan fingerprint density at radius 1 is 0.487 bits per heavy atom. The van der Waals surface area contributed by atoms with Crippen LogP contribution in [0.2, 0.25) is 0 Å². The number of benzene rings is 4. The summed E-state index contributed by atoms with van der Waals surface area (Å²) in [5.74, 6) is 2.00. The van der Waals surface area contributed by atoms with E-state index in [1.807, 2.05) is 115 Å². The van der Waals surface area contributed by atoms with Crippen LogP contribution in [0.4, 0.5) is 0 Å². The van der Waals surface area contributed by atoms with Gasteiger partial charge in [0.15, 0.2) is 0 Å². The van der Waals surface area contributed by atoms with Gasteiger partial charge in [-0.2, -0.15) is 0 Å². The van der Waals surface area contributed by atoms with Crippen molar-refractivity contribution in [3.05, 3.63) is 228 Å². The molecule has 0 unspecified atom stereocenters. The second-order valence-corrected chi connectivity index (χ2v) is 18.1.